The molecular formula is C102H48F6N8O4. The molecule has 0 bridgehead atoms. The van der Waals surface area contributed by atoms with Gasteiger partial charge in [-0.2, -0.15) is 47.4 Å². The van der Waals surface area contributed by atoms with E-state index in [9.17, 15) is 21.0 Å². The zero-order valence-corrected chi connectivity index (χ0v) is 62.2. The molecule has 16 aromatic carbocycles. The van der Waals surface area contributed by atoms with Crippen molar-refractivity contribution in [1.29, 1.82) is 21.0 Å². The monoisotopic (exact) mass is 1560 g/mol. The van der Waals surface area contributed by atoms with Crippen LogP contribution < -0.4 is 0 Å². The van der Waals surface area contributed by atoms with Crippen LogP contribution in [0.3, 0.4) is 0 Å². The molecule has 8 aromatic heterocycles. The van der Waals surface area contributed by atoms with Crippen molar-refractivity contribution in [3.63, 3.8) is 0 Å². The average molecular weight is 1560 g/mol. The Balaban J connectivity index is 0.768. The van der Waals surface area contributed by atoms with Gasteiger partial charge in [0.05, 0.1) is 135 Å². The zero-order chi connectivity index (χ0) is 80.6. The lowest BCUT2D eigenvalue weighted by Crippen LogP contribution is -2.12. The lowest BCUT2D eigenvalue weighted by atomic mass is 9.90. The smallest absolute Gasteiger partial charge is 0.417 e. The second-order valence-corrected chi connectivity index (χ2v) is 30.3. The first-order chi connectivity index (χ1) is 58.6. The molecule has 120 heavy (non-hydrogen) atoms. The van der Waals surface area contributed by atoms with Crippen LogP contribution in [0.5, 0.6) is 0 Å². The molecule has 0 saturated heterocycles. The van der Waals surface area contributed by atoms with Crippen molar-refractivity contribution in [2.45, 2.75) is 12.4 Å². The van der Waals surface area contributed by atoms with Crippen LogP contribution in [0, 0.1) is 45.3 Å². The van der Waals surface area contributed by atoms with Crippen molar-refractivity contribution in [3.05, 3.63) is 325 Å². The Kier molecular flexibility index (Phi) is 13.9. The Labute approximate surface area is 671 Å². The summed E-state index contributed by atoms with van der Waals surface area (Å²) in [5.41, 5.74) is 8.56. The van der Waals surface area contributed by atoms with Gasteiger partial charge < -0.3 is 35.9 Å². The van der Waals surface area contributed by atoms with Gasteiger partial charge in [0, 0.05) is 97.7 Å². The summed E-state index contributed by atoms with van der Waals surface area (Å²) in [4.78, 5) is 0. The number of alkyl halides is 6. The number of benzene rings is 16. The van der Waals surface area contributed by atoms with Gasteiger partial charge in [-0.15, -0.1) is 0 Å². The van der Waals surface area contributed by atoms with E-state index in [-0.39, 0.29) is 50.3 Å². The topological polar surface area (TPSA) is 167 Å². The normalized spacial score (nSPS) is 12.4. The minimum atomic E-state index is -5.03. The molecule has 0 aliphatic carbocycles. The number of furan rings is 4. The van der Waals surface area contributed by atoms with Crippen LogP contribution in [-0.4, -0.2) is 18.3 Å². The van der Waals surface area contributed by atoms with Crippen molar-refractivity contribution >= 4 is 175 Å². The first-order valence-corrected chi connectivity index (χ1v) is 38.5. The molecule has 0 aliphatic rings. The summed E-state index contributed by atoms with van der Waals surface area (Å²) in [5, 5.41) is 57.3. The number of hydrogen-bond donors (Lipinski definition) is 0. The van der Waals surface area contributed by atoms with Crippen molar-refractivity contribution in [3.8, 4) is 80.4 Å². The fourth-order valence-electron chi connectivity index (χ4n) is 19.2. The fourth-order valence-corrected chi connectivity index (χ4v) is 19.2. The summed E-state index contributed by atoms with van der Waals surface area (Å²) in [6, 6.07) is 95.4. The summed E-state index contributed by atoms with van der Waals surface area (Å²) in [6.45, 7) is 0. The summed E-state index contributed by atoms with van der Waals surface area (Å²) < 4.78 is 131. The molecule has 562 valence electrons. The van der Waals surface area contributed by atoms with Gasteiger partial charge in [0.15, 0.2) is 11.2 Å². The summed E-state index contributed by atoms with van der Waals surface area (Å²) in [5.74, 6) is 0. The minimum Gasteiger partial charge on any atom is -0.456 e. The van der Waals surface area contributed by atoms with Crippen LogP contribution >= 0.6 is 0 Å². The van der Waals surface area contributed by atoms with E-state index in [1.807, 2.05) is 249 Å². The number of aromatic nitrogens is 4. The van der Waals surface area contributed by atoms with E-state index < -0.39 is 29.0 Å². The minimum absolute atomic E-state index is 0.0150. The van der Waals surface area contributed by atoms with Gasteiger partial charge in [-0.25, -0.2) is 0 Å². The van der Waals surface area contributed by atoms with E-state index in [0.29, 0.717) is 138 Å². The van der Waals surface area contributed by atoms with Gasteiger partial charge in [0.2, 0.25) is 0 Å². The molecule has 0 unspecified atom stereocenters. The molecule has 24 aromatic rings. The molecule has 0 radical (unpaired) electrons. The quantitative estimate of drug-likeness (QED) is 0.142. The number of fused-ring (bicyclic) bond motifs is 28. The van der Waals surface area contributed by atoms with Crippen molar-refractivity contribution in [2.75, 3.05) is 0 Å². The molecule has 0 N–H and O–H groups in total. The van der Waals surface area contributed by atoms with Gasteiger partial charge in [0.1, 0.15) is 33.5 Å². The maximum Gasteiger partial charge on any atom is 0.417 e. The highest BCUT2D eigenvalue weighted by Crippen LogP contribution is 2.54. The Hall–Kier alpha value is -16.5. The van der Waals surface area contributed by atoms with Crippen LogP contribution in [0.2, 0.25) is 0 Å². The molecule has 8 heterocycles. The predicted molar refractivity (Wildman–Crippen MR) is 458 cm³/mol. The molecule has 18 heteroatoms. The first kappa shape index (κ1) is 67.9. The average Bonchev–Trinajstić information content (AvgIpc) is 1.49. The molecule has 0 fully saturated rings. The molecule has 0 aliphatic heterocycles. The van der Waals surface area contributed by atoms with Crippen LogP contribution in [0.15, 0.2) is 309 Å². The van der Waals surface area contributed by atoms with Gasteiger partial charge in [-0.3, -0.25) is 0 Å². The zero-order valence-electron chi connectivity index (χ0n) is 62.2. The number of nitrogens with zero attached hydrogens (tertiary/aromatic N) is 8. The summed E-state index contributed by atoms with van der Waals surface area (Å²) in [7, 11) is 0. The second kappa shape index (κ2) is 24.5. The molecule has 0 saturated carbocycles. The van der Waals surface area contributed by atoms with Gasteiger partial charge in [-0.1, -0.05) is 140 Å². The summed E-state index contributed by atoms with van der Waals surface area (Å²) >= 11 is 0. The van der Waals surface area contributed by atoms with Gasteiger partial charge in [-0.05, 0) is 163 Å². The Morgan fingerprint density at radius 1 is 0.258 bits per heavy atom. The lowest BCUT2D eigenvalue weighted by molar-refractivity contribution is -0.138. The third kappa shape index (κ3) is 9.38. The van der Waals surface area contributed by atoms with Crippen molar-refractivity contribution in [2.24, 2.45) is 0 Å². The standard InChI is InChI=1S/C102H48F6N8O4/c103-101(104,105)59-31-28-57(51-111)73(48-59)91-80(113-76-22-7-1-15-60(76)65-37-40-87-92(95(65)113)71-20-6-12-27-86(71)117-87)42-53(49-109)43-81(91)114-77-23-8-2-16-61(77)66-38-41-88-93(96(66)114)72-32-29-56(47-89(72)118-88)55-30-39-79-74(46-55)68-34-36-70-64-19-5-11-26-85(64)120-100(70)98(68)116(79)83-45-54(50-110)44-82(94(83)90-58(52-112)14-13-21-75(90)102(106,107)108)115-78-24-9-3-17-62(78)67-33-35-69-63-18-4-10-25-84(63)119-99(69)97(67)115/h1-48H. The Morgan fingerprint density at radius 2 is 0.667 bits per heavy atom. The van der Waals surface area contributed by atoms with E-state index in [1.165, 1.54) is 18.2 Å². The SMILES string of the molecule is N#Cc1cc(-n2c3ccccc3c3ccc4c5ccccc5oc4c32)c(-c2c(C#N)cccc2C(F)(F)F)c(-n2c3ccc(-c4ccc5c(c4)oc4ccc6c7ccccc7n(-c7cc(C#N)cc(-n8c9ccccc9c9ccc%10oc%11ccccc%11c%10c98)c7-c7cc(C(F)(F)F)ccc7C#N)c6c45)cc3c3ccc4c5ccccc5oc4c32)c1. The van der Waals surface area contributed by atoms with Crippen LogP contribution in [-0.2, 0) is 12.4 Å². The summed E-state index contributed by atoms with van der Waals surface area (Å²) in [6.07, 6.45) is -9.88. The second-order valence-electron chi connectivity index (χ2n) is 30.3. The fraction of sp³-hybridized carbons (Fsp3) is 0.0196. The molecular weight excluding hydrogens is 1520 g/mol. The lowest BCUT2D eigenvalue weighted by Gasteiger charge is -2.23. The third-order valence-corrected chi connectivity index (χ3v) is 24.1. The number of rotatable bonds is 7. The molecule has 24 rings (SSSR count). The Bertz CT molecular complexity index is 8990. The molecule has 0 amide bonds. The highest BCUT2D eigenvalue weighted by atomic mass is 19.4. The molecule has 0 atom stereocenters. The maximum absolute atomic E-state index is 16.5. The number of nitriles is 4. The van der Waals surface area contributed by atoms with Crippen molar-refractivity contribution in [1.82, 2.24) is 18.3 Å². The first-order valence-electron chi connectivity index (χ1n) is 38.5. The number of para-hydroxylation sites is 6. The highest BCUT2D eigenvalue weighted by molar-refractivity contribution is 6.29. The molecule has 0 spiro atoms. The van der Waals surface area contributed by atoms with E-state index in [4.69, 9.17) is 17.7 Å². The predicted octanol–water partition coefficient (Wildman–Crippen LogP) is 28.2. The Morgan fingerprint density at radius 3 is 1.18 bits per heavy atom. The van der Waals surface area contributed by atoms with Gasteiger partial charge >= 0.3 is 12.4 Å². The van der Waals surface area contributed by atoms with E-state index >= 15 is 26.3 Å². The van der Waals surface area contributed by atoms with E-state index in [2.05, 4.69) is 24.3 Å². The van der Waals surface area contributed by atoms with Crippen LogP contribution in [0.4, 0.5) is 26.3 Å². The van der Waals surface area contributed by atoms with E-state index in [1.54, 1.807) is 24.3 Å². The maximum atomic E-state index is 16.5. The van der Waals surface area contributed by atoms with Gasteiger partial charge in [0.25, 0.3) is 0 Å². The van der Waals surface area contributed by atoms with Crippen LogP contribution in [0.1, 0.15) is 33.4 Å². The largest absolute Gasteiger partial charge is 0.456 e. The highest BCUT2D eigenvalue weighted by Gasteiger charge is 2.39. The van der Waals surface area contributed by atoms with Crippen LogP contribution in [0.25, 0.3) is 231 Å². The number of hydrogen-bond acceptors (Lipinski definition) is 8. The molecule has 12 nitrogen and oxygen atoms in total. The third-order valence-electron chi connectivity index (χ3n) is 24.1. The van der Waals surface area contributed by atoms with E-state index in [0.717, 1.165) is 77.4 Å². The van der Waals surface area contributed by atoms with Crippen molar-refractivity contribution < 1.29 is 44.0 Å². The number of halogens is 6.